The van der Waals surface area contributed by atoms with Crippen molar-refractivity contribution in [1.29, 1.82) is 0 Å². The van der Waals surface area contributed by atoms with Crippen LogP contribution in [0.2, 0.25) is 0 Å². The molecule has 1 aromatic heterocycles. The van der Waals surface area contributed by atoms with Gasteiger partial charge in [0.25, 0.3) is 5.91 Å². The van der Waals surface area contributed by atoms with Crippen LogP contribution in [0, 0.1) is 12.7 Å². The van der Waals surface area contributed by atoms with Crippen molar-refractivity contribution in [2.45, 2.75) is 26.2 Å². The van der Waals surface area contributed by atoms with Gasteiger partial charge in [0.2, 0.25) is 0 Å². The minimum atomic E-state index is -0.409. The predicted octanol–water partition coefficient (Wildman–Crippen LogP) is 3.75. The summed E-state index contributed by atoms with van der Waals surface area (Å²) in [6.45, 7) is 1.41. The van der Waals surface area contributed by atoms with Crippen LogP contribution in [0.3, 0.4) is 0 Å². The van der Waals surface area contributed by atoms with Crippen LogP contribution in [0.1, 0.15) is 23.1 Å². The highest BCUT2D eigenvalue weighted by molar-refractivity contribution is 5.92. The minimum absolute atomic E-state index is 0.240. The molecule has 0 fully saturated rings. The van der Waals surface area contributed by atoms with Gasteiger partial charge in [-0.2, -0.15) is 0 Å². The first kappa shape index (κ1) is 17.3. The molecule has 6 heteroatoms. The lowest BCUT2D eigenvalue weighted by Crippen LogP contribution is -2.20. The second-order valence-electron chi connectivity index (χ2n) is 6.66. The summed E-state index contributed by atoms with van der Waals surface area (Å²) in [5, 5.41) is 3.49. The molecule has 0 unspecified atom stereocenters. The van der Waals surface area contributed by atoms with Crippen molar-refractivity contribution in [3.05, 3.63) is 69.3 Å². The van der Waals surface area contributed by atoms with Crippen molar-refractivity contribution < 1.29 is 18.3 Å². The molecular formula is C21H18FNO4. The third-order valence-corrected chi connectivity index (χ3v) is 4.77. The minimum Gasteiger partial charge on any atom is -0.484 e. The SMILES string of the molecule is Cc1ccc(NC(=O)COc2ccc3c4c(c(=O)oc3c2)CCC4)cc1F. The van der Waals surface area contributed by atoms with Crippen LogP contribution in [0.5, 0.6) is 5.75 Å². The molecule has 1 heterocycles. The molecule has 0 radical (unpaired) electrons. The molecule has 0 spiro atoms. The fraction of sp³-hybridized carbons (Fsp3) is 0.238. The second kappa shape index (κ2) is 6.87. The number of benzene rings is 2. The standard InChI is InChI=1S/C21H18FNO4/c1-12-5-6-13(9-18(12)22)23-20(24)11-26-14-7-8-16-15-3-2-4-17(15)21(25)27-19(16)10-14/h5-10H,2-4,11H2,1H3,(H,23,24). The summed E-state index contributed by atoms with van der Waals surface area (Å²) in [6.07, 6.45) is 2.58. The predicted molar refractivity (Wildman–Crippen MR) is 99.8 cm³/mol. The van der Waals surface area contributed by atoms with Gasteiger partial charge in [0, 0.05) is 22.7 Å². The molecule has 1 aliphatic carbocycles. The first-order valence-corrected chi connectivity index (χ1v) is 8.79. The summed E-state index contributed by atoms with van der Waals surface area (Å²) >= 11 is 0. The average molecular weight is 367 g/mol. The van der Waals surface area contributed by atoms with Gasteiger partial charge in [-0.25, -0.2) is 9.18 Å². The maximum absolute atomic E-state index is 13.5. The zero-order valence-corrected chi connectivity index (χ0v) is 14.8. The van der Waals surface area contributed by atoms with Crippen molar-refractivity contribution in [2.75, 3.05) is 11.9 Å². The number of anilines is 1. The van der Waals surface area contributed by atoms with Gasteiger partial charge >= 0.3 is 5.63 Å². The Labute approximate surface area is 154 Å². The molecule has 1 N–H and O–H groups in total. The maximum atomic E-state index is 13.5. The van der Waals surface area contributed by atoms with Gasteiger partial charge < -0.3 is 14.5 Å². The molecule has 0 atom stereocenters. The third-order valence-electron chi connectivity index (χ3n) is 4.77. The highest BCUT2D eigenvalue weighted by Crippen LogP contribution is 2.29. The highest BCUT2D eigenvalue weighted by Gasteiger charge is 2.19. The second-order valence-corrected chi connectivity index (χ2v) is 6.66. The van der Waals surface area contributed by atoms with Crippen molar-refractivity contribution in [1.82, 2.24) is 0 Å². The summed E-state index contributed by atoms with van der Waals surface area (Å²) in [7, 11) is 0. The Bertz CT molecular complexity index is 1100. The molecule has 0 saturated carbocycles. The van der Waals surface area contributed by atoms with Gasteiger partial charge in [-0.05, 0) is 61.6 Å². The quantitative estimate of drug-likeness (QED) is 0.713. The maximum Gasteiger partial charge on any atom is 0.339 e. The zero-order valence-electron chi connectivity index (χ0n) is 14.8. The van der Waals surface area contributed by atoms with E-state index in [9.17, 15) is 14.0 Å². The Morgan fingerprint density at radius 2 is 2.00 bits per heavy atom. The third kappa shape index (κ3) is 3.43. The molecule has 27 heavy (non-hydrogen) atoms. The fourth-order valence-electron chi connectivity index (χ4n) is 3.37. The van der Waals surface area contributed by atoms with E-state index in [1.807, 2.05) is 6.07 Å². The van der Waals surface area contributed by atoms with Gasteiger partial charge in [-0.15, -0.1) is 0 Å². The molecule has 0 bridgehead atoms. The van der Waals surface area contributed by atoms with Crippen LogP contribution in [0.4, 0.5) is 10.1 Å². The number of amides is 1. The number of rotatable bonds is 4. The van der Waals surface area contributed by atoms with Gasteiger partial charge in [0.1, 0.15) is 17.1 Å². The number of carbonyl (C=O) groups is 1. The number of ether oxygens (including phenoxy) is 1. The van der Waals surface area contributed by atoms with Crippen LogP contribution < -0.4 is 15.7 Å². The van der Waals surface area contributed by atoms with Crippen LogP contribution >= 0.6 is 0 Å². The molecule has 1 amide bonds. The molecule has 3 aromatic rings. The van der Waals surface area contributed by atoms with E-state index in [0.717, 1.165) is 35.8 Å². The Morgan fingerprint density at radius 3 is 2.81 bits per heavy atom. The Balaban J connectivity index is 1.47. The van der Waals surface area contributed by atoms with Crippen molar-refractivity contribution in [3.63, 3.8) is 0 Å². The van der Waals surface area contributed by atoms with E-state index >= 15 is 0 Å². The summed E-state index contributed by atoms with van der Waals surface area (Å²) in [4.78, 5) is 24.1. The van der Waals surface area contributed by atoms with E-state index < -0.39 is 5.91 Å². The smallest absolute Gasteiger partial charge is 0.339 e. The Hall–Kier alpha value is -3.15. The van der Waals surface area contributed by atoms with E-state index in [0.29, 0.717) is 22.6 Å². The van der Waals surface area contributed by atoms with Crippen LogP contribution in [0.25, 0.3) is 11.0 Å². The van der Waals surface area contributed by atoms with E-state index in [1.54, 1.807) is 31.2 Å². The summed E-state index contributed by atoms with van der Waals surface area (Å²) in [5.41, 5.74) is 2.85. The normalized spacial score (nSPS) is 12.8. The first-order valence-electron chi connectivity index (χ1n) is 8.79. The monoisotopic (exact) mass is 367 g/mol. The number of hydrogen-bond acceptors (Lipinski definition) is 4. The van der Waals surface area contributed by atoms with Gasteiger partial charge in [0.15, 0.2) is 6.61 Å². The average Bonchev–Trinajstić information content (AvgIpc) is 3.14. The lowest BCUT2D eigenvalue weighted by molar-refractivity contribution is -0.118. The van der Waals surface area contributed by atoms with Crippen LogP contribution in [-0.2, 0) is 17.6 Å². The number of nitrogens with one attached hydrogen (secondary N) is 1. The number of hydrogen-bond donors (Lipinski definition) is 1. The zero-order chi connectivity index (χ0) is 19.0. The van der Waals surface area contributed by atoms with E-state index in [1.165, 1.54) is 6.07 Å². The summed E-state index contributed by atoms with van der Waals surface area (Å²) in [5.74, 6) is -0.367. The lowest BCUT2D eigenvalue weighted by atomic mass is 10.1. The van der Waals surface area contributed by atoms with E-state index in [-0.39, 0.29) is 18.0 Å². The molecule has 0 saturated heterocycles. The van der Waals surface area contributed by atoms with Gasteiger partial charge in [-0.3, -0.25) is 4.79 Å². The van der Waals surface area contributed by atoms with Gasteiger partial charge in [-0.1, -0.05) is 6.07 Å². The Morgan fingerprint density at radius 1 is 1.19 bits per heavy atom. The lowest BCUT2D eigenvalue weighted by Gasteiger charge is -2.09. The molecule has 4 rings (SSSR count). The molecule has 138 valence electrons. The largest absolute Gasteiger partial charge is 0.484 e. The molecule has 2 aromatic carbocycles. The number of carbonyl (C=O) groups excluding carboxylic acids is 1. The summed E-state index contributed by atoms with van der Waals surface area (Å²) in [6, 6.07) is 9.70. The number of fused-ring (bicyclic) bond motifs is 3. The molecular weight excluding hydrogens is 349 g/mol. The van der Waals surface area contributed by atoms with Crippen LogP contribution in [0.15, 0.2) is 45.6 Å². The van der Waals surface area contributed by atoms with Crippen molar-refractivity contribution in [2.24, 2.45) is 0 Å². The van der Waals surface area contributed by atoms with Gasteiger partial charge in [0.05, 0.1) is 0 Å². The van der Waals surface area contributed by atoms with E-state index in [2.05, 4.69) is 5.32 Å². The number of aryl methyl sites for hydroxylation is 2. The number of halogens is 1. The fourth-order valence-corrected chi connectivity index (χ4v) is 3.37. The highest BCUT2D eigenvalue weighted by atomic mass is 19.1. The molecule has 0 aliphatic heterocycles. The van der Waals surface area contributed by atoms with Crippen LogP contribution in [-0.4, -0.2) is 12.5 Å². The molecule has 5 nitrogen and oxygen atoms in total. The van der Waals surface area contributed by atoms with E-state index in [4.69, 9.17) is 9.15 Å². The topological polar surface area (TPSA) is 68.5 Å². The Kier molecular flexibility index (Phi) is 4.39. The van der Waals surface area contributed by atoms with Crippen molar-refractivity contribution >= 4 is 22.6 Å². The molecule has 1 aliphatic rings. The first-order chi connectivity index (χ1) is 13.0. The van der Waals surface area contributed by atoms with Crippen molar-refractivity contribution in [3.8, 4) is 5.75 Å². The summed E-state index contributed by atoms with van der Waals surface area (Å²) < 4.78 is 24.4.